The van der Waals surface area contributed by atoms with Gasteiger partial charge in [0.25, 0.3) is 5.91 Å². The van der Waals surface area contributed by atoms with Crippen LogP contribution in [-0.2, 0) is 4.79 Å². The Labute approximate surface area is 118 Å². The molecule has 1 spiro atoms. The van der Waals surface area contributed by atoms with Gasteiger partial charge in [0.15, 0.2) is 5.76 Å². The summed E-state index contributed by atoms with van der Waals surface area (Å²) >= 11 is 0. The molecule has 0 bridgehead atoms. The van der Waals surface area contributed by atoms with Crippen LogP contribution in [0.3, 0.4) is 0 Å². The summed E-state index contributed by atoms with van der Waals surface area (Å²) in [6.45, 7) is 3.88. The fourth-order valence-corrected chi connectivity index (χ4v) is 3.25. The van der Waals surface area contributed by atoms with Gasteiger partial charge in [0, 0.05) is 19.6 Å². The molecule has 0 saturated carbocycles. The molecule has 5 heteroatoms. The van der Waals surface area contributed by atoms with E-state index in [4.69, 9.17) is 4.42 Å². The monoisotopic (exact) mass is 276 g/mol. The number of rotatable bonds is 1. The molecule has 0 atom stereocenters. The molecule has 0 aromatic carbocycles. The van der Waals surface area contributed by atoms with Gasteiger partial charge in [-0.05, 0) is 44.7 Å². The highest BCUT2D eigenvalue weighted by atomic mass is 16.3. The number of nitrogens with zero attached hydrogens (tertiary/aromatic N) is 1. The van der Waals surface area contributed by atoms with Gasteiger partial charge < -0.3 is 14.6 Å². The maximum atomic E-state index is 12.3. The van der Waals surface area contributed by atoms with Gasteiger partial charge in [0.2, 0.25) is 5.91 Å². The standard InChI is InChI=1S/C15H20N2O3/c1-11-3-4-12(20-11)13(18)17-9-6-15(7-10-17)5-2-8-16-14(15)19/h3-4H,2,5-10H2,1H3,(H,16,19). The topological polar surface area (TPSA) is 62.6 Å². The number of carbonyl (C=O) groups is 2. The second kappa shape index (κ2) is 4.96. The van der Waals surface area contributed by atoms with Gasteiger partial charge in [-0.15, -0.1) is 0 Å². The number of amides is 2. The molecule has 20 heavy (non-hydrogen) atoms. The molecule has 2 aliphatic rings. The number of aryl methyl sites for hydroxylation is 1. The van der Waals surface area contributed by atoms with Crippen molar-refractivity contribution in [2.45, 2.75) is 32.6 Å². The summed E-state index contributed by atoms with van der Waals surface area (Å²) in [5.41, 5.74) is -0.242. The summed E-state index contributed by atoms with van der Waals surface area (Å²) in [5, 5.41) is 2.96. The van der Waals surface area contributed by atoms with E-state index in [-0.39, 0.29) is 17.2 Å². The van der Waals surface area contributed by atoms with Crippen LogP contribution in [0.15, 0.2) is 16.5 Å². The maximum absolute atomic E-state index is 12.3. The lowest BCUT2D eigenvalue weighted by Gasteiger charge is -2.42. The smallest absolute Gasteiger partial charge is 0.289 e. The van der Waals surface area contributed by atoms with Crippen molar-refractivity contribution in [1.82, 2.24) is 10.2 Å². The van der Waals surface area contributed by atoms with E-state index < -0.39 is 0 Å². The number of carbonyl (C=O) groups excluding carboxylic acids is 2. The molecular weight excluding hydrogens is 256 g/mol. The highest BCUT2D eigenvalue weighted by molar-refractivity contribution is 5.92. The average Bonchev–Trinajstić information content (AvgIpc) is 2.89. The molecule has 1 N–H and O–H groups in total. The summed E-state index contributed by atoms with van der Waals surface area (Å²) in [5.74, 6) is 1.24. The maximum Gasteiger partial charge on any atom is 0.289 e. The molecule has 2 fully saturated rings. The third-order valence-corrected chi connectivity index (χ3v) is 4.56. The fourth-order valence-electron chi connectivity index (χ4n) is 3.25. The summed E-state index contributed by atoms with van der Waals surface area (Å²) in [6, 6.07) is 3.52. The first kappa shape index (κ1) is 13.2. The van der Waals surface area contributed by atoms with Crippen molar-refractivity contribution in [3.8, 4) is 0 Å². The first-order valence-corrected chi connectivity index (χ1v) is 7.25. The van der Waals surface area contributed by atoms with Crippen LogP contribution >= 0.6 is 0 Å². The lowest BCUT2D eigenvalue weighted by molar-refractivity contribution is -0.136. The van der Waals surface area contributed by atoms with Crippen LogP contribution < -0.4 is 5.32 Å². The van der Waals surface area contributed by atoms with E-state index in [1.54, 1.807) is 17.0 Å². The van der Waals surface area contributed by atoms with Crippen molar-refractivity contribution in [2.24, 2.45) is 5.41 Å². The number of piperidine rings is 2. The largest absolute Gasteiger partial charge is 0.456 e. The van der Waals surface area contributed by atoms with E-state index in [9.17, 15) is 9.59 Å². The highest BCUT2D eigenvalue weighted by Gasteiger charge is 2.43. The third kappa shape index (κ3) is 2.21. The molecule has 2 amide bonds. The molecule has 2 aliphatic heterocycles. The molecule has 3 rings (SSSR count). The number of hydrogen-bond acceptors (Lipinski definition) is 3. The number of likely N-dealkylation sites (tertiary alicyclic amines) is 1. The minimum atomic E-state index is -0.242. The predicted molar refractivity (Wildman–Crippen MR) is 73.3 cm³/mol. The first-order valence-electron chi connectivity index (χ1n) is 7.25. The Balaban J connectivity index is 1.66. The van der Waals surface area contributed by atoms with Crippen LogP contribution in [0.4, 0.5) is 0 Å². The van der Waals surface area contributed by atoms with E-state index in [0.29, 0.717) is 18.8 Å². The van der Waals surface area contributed by atoms with Gasteiger partial charge in [0.05, 0.1) is 5.41 Å². The molecule has 1 aromatic rings. The van der Waals surface area contributed by atoms with Crippen LogP contribution in [0.25, 0.3) is 0 Å². The van der Waals surface area contributed by atoms with Crippen molar-refractivity contribution >= 4 is 11.8 Å². The van der Waals surface area contributed by atoms with Crippen molar-refractivity contribution in [1.29, 1.82) is 0 Å². The minimum Gasteiger partial charge on any atom is -0.456 e. The average molecular weight is 276 g/mol. The second-order valence-electron chi connectivity index (χ2n) is 5.84. The van der Waals surface area contributed by atoms with Crippen LogP contribution in [-0.4, -0.2) is 36.3 Å². The van der Waals surface area contributed by atoms with Crippen LogP contribution in [0.2, 0.25) is 0 Å². The predicted octanol–water partition coefficient (Wildman–Crippen LogP) is 1.72. The van der Waals surface area contributed by atoms with Crippen LogP contribution in [0, 0.1) is 12.3 Å². The summed E-state index contributed by atoms with van der Waals surface area (Å²) in [7, 11) is 0. The Hall–Kier alpha value is -1.78. The van der Waals surface area contributed by atoms with Crippen molar-refractivity contribution in [3.05, 3.63) is 23.7 Å². The molecule has 3 heterocycles. The first-order chi connectivity index (χ1) is 9.61. The third-order valence-electron chi connectivity index (χ3n) is 4.56. The number of furan rings is 1. The van der Waals surface area contributed by atoms with Gasteiger partial charge >= 0.3 is 0 Å². The lowest BCUT2D eigenvalue weighted by atomic mass is 9.72. The zero-order valence-corrected chi connectivity index (χ0v) is 11.8. The SMILES string of the molecule is Cc1ccc(C(=O)N2CCC3(CCCNC3=O)CC2)o1. The van der Waals surface area contributed by atoms with Gasteiger partial charge in [0.1, 0.15) is 5.76 Å². The molecular formula is C15H20N2O3. The van der Waals surface area contributed by atoms with Gasteiger partial charge in [-0.2, -0.15) is 0 Å². The van der Waals surface area contributed by atoms with Crippen molar-refractivity contribution in [3.63, 3.8) is 0 Å². The minimum absolute atomic E-state index is 0.0656. The number of hydrogen-bond donors (Lipinski definition) is 1. The van der Waals surface area contributed by atoms with E-state index in [1.807, 2.05) is 6.92 Å². The zero-order chi connectivity index (χ0) is 14.2. The fraction of sp³-hybridized carbons (Fsp3) is 0.600. The van der Waals surface area contributed by atoms with Gasteiger partial charge in [-0.3, -0.25) is 9.59 Å². The summed E-state index contributed by atoms with van der Waals surface area (Å²) in [4.78, 5) is 26.2. The summed E-state index contributed by atoms with van der Waals surface area (Å²) < 4.78 is 5.39. The summed E-state index contributed by atoms with van der Waals surface area (Å²) in [6.07, 6.45) is 3.49. The van der Waals surface area contributed by atoms with Crippen molar-refractivity contribution in [2.75, 3.05) is 19.6 Å². The van der Waals surface area contributed by atoms with Crippen LogP contribution in [0.1, 0.15) is 42.0 Å². The Kier molecular flexibility index (Phi) is 3.28. The van der Waals surface area contributed by atoms with E-state index in [1.165, 1.54) is 0 Å². The lowest BCUT2D eigenvalue weighted by Crippen LogP contribution is -2.52. The molecule has 0 unspecified atom stereocenters. The molecule has 108 valence electrons. The molecule has 0 radical (unpaired) electrons. The van der Waals surface area contributed by atoms with Crippen molar-refractivity contribution < 1.29 is 14.0 Å². The molecule has 2 saturated heterocycles. The molecule has 0 aliphatic carbocycles. The van der Waals surface area contributed by atoms with E-state index in [2.05, 4.69) is 5.32 Å². The zero-order valence-electron chi connectivity index (χ0n) is 11.8. The van der Waals surface area contributed by atoms with Gasteiger partial charge in [-0.1, -0.05) is 0 Å². The highest BCUT2D eigenvalue weighted by Crippen LogP contribution is 2.38. The Bertz CT molecular complexity index is 527. The van der Waals surface area contributed by atoms with E-state index in [0.717, 1.165) is 38.0 Å². The number of nitrogens with one attached hydrogen (secondary N) is 1. The normalized spacial score (nSPS) is 21.9. The molecule has 1 aromatic heterocycles. The Morgan fingerprint density at radius 2 is 2.05 bits per heavy atom. The Morgan fingerprint density at radius 3 is 2.65 bits per heavy atom. The van der Waals surface area contributed by atoms with E-state index >= 15 is 0 Å². The Morgan fingerprint density at radius 1 is 1.30 bits per heavy atom. The molecule has 5 nitrogen and oxygen atoms in total. The van der Waals surface area contributed by atoms with Gasteiger partial charge in [-0.25, -0.2) is 0 Å². The quantitative estimate of drug-likeness (QED) is 0.849. The van der Waals surface area contributed by atoms with Crippen LogP contribution in [0.5, 0.6) is 0 Å². The second-order valence-corrected chi connectivity index (χ2v) is 5.84.